The second-order valence-corrected chi connectivity index (χ2v) is 5.61. The first-order valence-corrected chi connectivity index (χ1v) is 6.10. The molecule has 2 rings (SSSR count). The van der Waals surface area contributed by atoms with E-state index in [-0.39, 0.29) is 11.9 Å². The van der Waals surface area contributed by atoms with Crippen LogP contribution in [0.15, 0.2) is 0 Å². The van der Waals surface area contributed by atoms with Crippen LogP contribution < -0.4 is 11.1 Å². The van der Waals surface area contributed by atoms with Crippen molar-refractivity contribution in [1.82, 2.24) is 5.32 Å². The van der Waals surface area contributed by atoms with Gasteiger partial charge in [-0.15, -0.1) is 0 Å². The lowest BCUT2D eigenvalue weighted by atomic mass is 9.95. The fourth-order valence-electron chi connectivity index (χ4n) is 2.16. The molecule has 0 bridgehead atoms. The van der Waals surface area contributed by atoms with Crippen LogP contribution in [0, 0.1) is 11.8 Å². The smallest absolute Gasteiger partial charge is 0.240 e. The molecule has 0 aromatic heterocycles. The van der Waals surface area contributed by atoms with Crippen LogP contribution in [0.5, 0.6) is 0 Å². The predicted octanol–water partition coefficient (Wildman–Crippen LogP) is 1.42. The van der Waals surface area contributed by atoms with E-state index in [0.29, 0.717) is 5.92 Å². The second-order valence-electron chi connectivity index (χ2n) is 5.61. The van der Waals surface area contributed by atoms with Crippen LogP contribution in [-0.4, -0.2) is 17.5 Å². The van der Waals surface area contributed by atoms with Crippen LogP contribution in [0.3, 0.4) is 0 Å². The summed E-state index contributed by atoms with van der Waals surface area (Å²) in [6, 6.07) is 0.284. The van der Waals surface area contributed by atoms with Crippen molar-refractivity contribution in [2.24, 2.45) is 17.6 Å². The monoisotopic (exact) mass is 210 g/mol. The quantitative estimate of drug-likeness (QED) is 0.721. The fourth-order valence-corrected chi connectivity index (χ4v) is 2.16. The van der Waals surface area contributed by atoms with Crippen molar-refractivity contribution < 1.29 is 4.79 Å². The molecule has 3 nitrogen and oxygen atoms in total. The van der Waals surface area contributed by atoms with E-state index < -0.39 is 5.54 Å². The Morgan fingerprint density at radius 3 is 2.53 bits per heavy atom. The van der Waals surface area contributed by atoms with E-state index in [1.807, 2.05) is 6.92 Å². The third kappa shape index (κ3) is 2.71. The van der Waals surface area contributed by atoms with E-state index in [4.69, 9.17) is 5.73 Å². The molecule has 2 aliphatic rings. The number of rotatable bonds is 5. The summed E-state index contributed by atoms with van der Waals surface area (Å²) in [7, 11) is 0. The lowest BCUT2D eigenvalue weighted by molar-refractivity contribution is -0.127. The Morgan fingerprint density at radius 2 is 2.07 bits per heavy atom. The number of carbonyl (C=O) groups is 1. The standard InChI is InChI=1S/C12H22N2O/c1-8(7-9-3-4-9)14-11(15)12(2,13)10-5-6-10/h8-10H,3-7,13H2,1-2H3,(H,14,15). The molecule has 3 heteroatoms. The molecule has 0 spiro atoms. The zero-order valence-electron chi connectivity index (χ0n) is 9.75. The topological polar surface area (TPSA) is 55.1 Å². The summed E-state index contributed by atoms with van der Waals surface area (Å²) in [6.07, 6.45) is 6.01. The Kier molecular flexibility index (Phi) is 2.75. The normalized spacial score (nSPS) is 26.9. The molecule has 2 aliphatic carbocycles. The van der Waals surface area contributed by atoms with Gasteiger partial charge in [0.2, 0.25) is 5.91 Å². The molecule has 2 atom stereocenters. The molecule has 0 saturated heterocycles. The van der Waals surface area contributed by atoms with Gasteiger partial charge in [-0.3, -0.25) is 4.79 Å². The summed E-state index contributed by atoms with van der Waals surface area (Å²) in [5, 5.41) is 3.05. The number of hydrogen-bond acceptors (Lipinski definition) is 2. The van der Waals surface area contributed by atoms with E-state index in [0.717, 1.165) is 25.2 Å². The number of nitrogens with one attached hydrogen (secondary N) is 1. The zero-order chi connectivity index (χ0) is 11.1. The van der Waals surface area contributed by atoms with Gasteiger partial charge in [-0.05, 0) is 44.9 Å². The third-order valence-corrected chi connectivity index (χ3v) is 3.68. The van der Waals surface area contributed by atoms with Gasteiger partial charge in [0.05, 0.1) is 5.54 Å². The van der Waals surface area contributed by atoms with Gasteiger partial charge >= 0.3 is 0 Å². The maximum atomic E-state index is 11.9. The Balaban J connectivity index is 1.79. The molecule has 15 heavy (non-hydrogen) atoms. The van der Waals surface area contributed by atoms with Crippen molar-refractivity contribution in [3.8, 4) is 0 Å². The number of amides is 1. The molecule has 0 aliphatic heterocycles. The molecule has 0 aromatic rings. The van der Waals surface area contributed by atoms with E-state index >= 15 is 0 Å². The average Bonchev–Trinajstić information content (AvgIpc) is 2.98. The maximum Gasteiger partial charge on any atom is 0.240 e. The molecule has 0 aromatic carbocycles. The first kappa shape index (κ1) is 10.9. The Labute approximate surface area is 91.8 Å². The second kappa shape index (κ2) is 3.78. The molecule has 2 fully saturated rings. The van der Waals surface area contributed by atoms with E-state index in [1.54, 1.807) is 0 Å². The Morgan fingerprint density at radius 1 is 1.47 bits per heavy atom. The Hall–Kier alpha value is -0.570. The highest BCUT2D eigenvalue weighted by atomic mass is 16.2. The molecule has 2 saturated carbocycles. The largest absolute Gasteiger partial charge is 0.352 e. The van der Waals surface area contributed by atoms with Gasteiger partial charge in [0, 0.05) is 6.04 Å². The fraction of sp³-hybridized carbons (Fsp3) is 0.917. The Bertz CT molecular complexity index is 254. The molecule has 3 N–H and O–H groups in total. The molecule has 0 radical (unpaired) electrons. The van der Waals surface area contributed by atoms with Gasteiger partial charge in [-0.1, -0.05) is 12.8 Å². The van der Waals surface area contributed by atoms with Crippen molar-refractivity contribution in [3.63, 3.8) is 0 Å². The SMILES string of the molecule is CC(CC1CC1)NC(=O)C(C)(N)C1CC1. The predicted molar refractivity (Wildman–Crippen MR) is 60.3 cm³/mol. The maximum absolute atomic E-state index is 11.9. The van der Waals surface area contributed by atoms with Gasteiger partial charge in [-0.25, -0.2) is 0 Å². The van der Waals surface area contributed by atoms with Crippen LogP contribution >= 0.6 is 0 Å². The summed E-state index contributed by atoms with van der Waals surface area (Å²) in [4.78, 5) is 11.9. The third-order valence-electron chi connectivity index (χ3n) is 3.68. The lowest BCUT2D eigenvalue weighted by Crippen LogP contribution is -2.55. The molecule has 0 heterocycles. The molecule has 86 valence electrons. The van der Waals surface area contributed by atoms with Crippen LogP contribution in [0.2, 0.25) is 0 Å². The van der Waals surface area contributed by atoms with E-state index in [9.17, 15) is 4.79 Å². The van der Waals surface area contributed by atoms with Crippen molar-refractivity contribution in [2.75, 3.05) is 0 Å². The minimum absolute atomic E-state index is 0.0400. The van der Waals surface area contributed by atoms with E-state index in [2.05, 4.69) is 12.2 Å². The zero-order valence-corrected chi connectivity index (χ0v) is 9.75. The van der Waals surface area contributed by atoms with E-state index in [1.165, 1.54) is 12.8 Å². The van der Waals surface area contributed by atoms with Crippen molar-refractivity contribution in [3.05, 3.63) is 0 Å². The van der Waals surface area contributed by atoms with Crippen molar-refractivity contribution in [2.45, 2.75) is 57.5 Å². The first-order valence-electron chi connectivity index (χ1n) is 6.10. The molecular formula is C12H22N2O. The highest BCUT2D eigenvalue weighted by Crippen LogP contribution is 2.38. The molecule has 2 unspecified atom stereocenters. The minimum Gasteiger partial charge on any atom is -0.352 e. The van der Waals surface area contributed by atoms with Gasteiger partial charge in [0.1, 0.15) is 0 Å². The first-order chi connectivity index (χ1) is 7.00. The van der Waals surface area contributed by atoms with Gasteiger partial charge in [0.25, 0.3) is 0 Å². The highest BCUT2D eigenvalue weighted by Gasteiger charge is 2.44. The van der Waals surface area contributed by atoms with Crippen molar-refractivity contribution >= 4 is 5.91 Å². The van der Waals surface area contributed by atoms with Crippen LogP contribution in [0.4, 0.5) is 0 Å². The van der Waals surface area contributed by atoms with Crippen LogP contribution in [-0.2, 0) is 4.79 Å². The lowest BCUT2D eigenvalue weighted by Gasteiger charge is -2.25. The summed E-state index contributed by atoms with van der Waals surface area (Å²) in [5.41, 5.74) is 5.41. The molecular weight excluding hydrogens is 188 g/mol. The number of nitrogens with two attached hydrogens (primary N) is 1. The van der Waals surface area contributed by atoms with Gasteiger partial charge < -0.3 is 11.1 Å². The summed E-state index contributed by atoms with van der Waals surface area (Å²) in [5.74, 6) is 1.30. The van der Waals surface area contributed by atoms with Gasteiger partial charge in [0.15, 0.2) is 0 Å². The number of carbonyl (C=O) groups excluding carboxylic acids is 1. The van der Waals surface area contributed by atoms with Crippen molar-refractivity contribution in [1.29, 1.82) is 0 Å². The van der Waals surface area contributed by atoms with Crippen LogP contribution in [0.25, 0.3) is 0 Å². The summed E-state index contributed by atoms with van der Waals surface area (Å²) in [6.45, 7) is 3.95. The summed E-state index contributed by atoms with van der Waals surface area (Å²) >= 11 is 0. The highest BCUT2D eigenvalue weighted by molar-refractivity contribution is 5.86. The van der Waals surface area contributed by atoms with Crippen LogP contribution in [0.1, 0.15) is 46.0 Å². The number of hydrogen-bond donors (Lipinski definition) is 2. The molecule has 1 amide bonds. The van der Waals surface area contributed by atoms with Gasteiger partial charge in [-0.2, -0.15) is 0 Å². The minimum atomic E-state index is -0.641. The average molecular weight is 210 g/mol. The summed E-state index contributed by atoms with van der Waals surface area (Å²) < 4.78 is 0.